The topological polar surface area (TPSA) is 53.7 Å². The van der Waals surface area contributed by atoms with Crippen molar-refractivity contribution in [1.82, 2.24) is 0 Å². The van der Waals surface area contributed by atoms with Gasteiger partial charge in [0.15, 0.2) is 11.6 Å². The Morgan fingerprint density at radius 3 is 2.05 bits per heavy atom. The SMILES string of the molecule is CC(C)(C)Oc1c(F)cc(N)cc1B1OC(C)(C)C(C)(C)O1. The molecular weight excluding hydrogens is 284 g/mol. The van der Waals surface area contributed by atoms with Crippen molar-refractivity contribution < 1.29 is 18.4 Å². The van der Waals surface area contributed by atoms with Crippen LogP contribution in [0.3, 0.4) is 0 Å². The van der Waals surface area contributed by atoms with Crippen molar-refractivity contribution in [3.63, 3.8) is 0 Å². The molecule has 1 aliphatic heterocycles. The molecule has 1 aromatic rings. The molecule has 22 heavy (non-hydrogen) atoms. The molecule has 0 radical (unpaired) electrons. The van der Waals surface area contributed by atoms with Gasteiger partial charge in [-0.05, 0) is 54.5 Å². The zero-order valence-corrected chi connectivity index (χ0v) is 14.4. The number of rotatable bonds is 2. The molecule has 6 heteroatoms. The molecule has 0 saturated carbocycles. The van der Waals surface area contributed by atoms with E-state index in [1.807, 2.05) is 48.5 Å². The first-order valence-electron chi connectivity index (χ1n) is 7.46. The second-order valence-corrected chi connectivity index (χ2v) is 7.72. The lowest BCUT2D eigenvalue weighted by atomic mass is 9.78. The van der Waals surface area contributed by atoms with E-state index in [-0.39, 0.29) is 5.75 Å². The van der Waals surface area contributed by atoms with Crippen LogP contribution >= 0.6 is 0 Å². The summed E-state index contributed by atoms with van der Waals surface area (Å²) in [7, 11) is -0.722. The van der Waals surface area contributed by atoms with E-state index in [1.165, 1.54) is 6.07 Å². The van der Waals surface area contributed by atoms with Crippen LogP contribution in [0.5, 0.6) is 5.75 Å². The minimum atomic E-state index is -0.722. The normalized spacial score (nSPS) is 20.3. The standard InChI is InChI=1S/C16H25BFNO3/c1-14(2,3)20-13-11(8-10(19)9-12(13)18)17-21-15(4,5)16(6,7)22-17/h8-9H,19H2,1-7H3. The Labute approximate surface area is 132 Å². The van der Waals surface area contributed by atoms with Gasteiger partial charge in [-0.2, -0.15) is 0 Å². The molecule has 4 nitrogen and oxygen atoms in total. The van der Waals surface area contributed by atoms with E-state index in [4.69, 9.17) is 19.8 Å². The number of hydrogen-bond donors (Lipinski definition) is 1. The maximum Gasteiger partial charge on any atom is 0.498 e. The highest BCUT2D eigenvalue weighted by Gasteiger charge is 2.53. The second kappa shape index (κ2) is 5.13. The molecular formula is C16H25BFNO3. The second-order valence-electron chi connectivity index (χ2n) is 7.72. The molecule has 0 bridgehead atoms. The fourth-order valence-electron chi connectivity index (χ4n) is 2.20. The molecule has 0 amide bonds. The Morgan fingerprint density at radius 2 is 1.59 bits per heavy atom. The average Bonchev–Trinajstić information content (AvgIpc) is 2.50. The Bertz CT molecular complexity index is 565. The Hall–Kier alpha value is -1.27. The first-order valence-corrected chi connectivity index (χ1v) is 7.46. The van der Waals surface area contributed by atoms with Crippen molar-refractivity contribution in [2.75, 3.05) is 5.73 Å². The number of nitrogen functional groups attached to an aromatic ring is 1. The van der Waals surface area contributed by atoms with Gasteiger partial charge >= 0.3 is 7.12 Å². The third-order valence-corrected chi connectivity index (χ3v) is 4.01. The molecule has 1 aliphatic rings. The van der Waals surface area contributed by atoms with Gasteiger partial charge in [-0.15, -0.1) is 0 Å². The fraction of sp³-hybridized carbons (Fsp3) is 0.625. The van der Waals surface area contributed by atoms with Crippen LogP contribution in [0.2, 0.25) is 0 Å². The number of halogens is 1. The predicted molar refractivity (Wildman–Crippen MR) is 86.9 cm³/mol. The molecule has 0 aliphatic carbocycles. The predicted octanol–water partition coefficient (Wildman–Crippen LogP) is 2.88. The molecule has 1 aromatic carbocycles. The van der Waals surface area contributed by atoms with Crippen LogP contribution in [0.15, 0.2) is 12.1 Å². The minimum absolute atomic E-state index is 0.125. The van der Waals surface area contributed by atoms with Gasteiger partial charge in [-0.25, -0.2) is 4.39 Å². The lowest BCUT2D eigenvalue weighted by Crippen LogP contribution is -2.41. The molecule has 0 spiro atoms. The summed E-state index contributed by atoms with van der Waals surface area (Å²) in [4.78, 5) is 0. The first kappa shape index (κ1) is 17.1. The van der Waals surface area contributed by atoms with Crippen LogP contribution in [-0.2, 0) is 9.31 Å². The van der Waals surface area contributed by atoms with Crippen molar-refractivity contribution in [2.45, 2.75) is 65.3 Å². The third-order valence-electron chi connectivity index (χ3n) is 4.01. The summed E-state index contributed by atoms with van der Waals surface area (Å²) in [5.41, 5.74) is 5.00. The number of anilines is 1. The summed E-state index contributed by atoms with van der Waals surface area (Å²) in [6.45, 7) is 13.4. The molecule has 0 atom stereocenters. The molecule has 0 aromatic heterocycles. The molecule has 2 N–H and O–H groups in total. The van der Waals surface area contributed by atoms with Crippen LogP contribution in [0.4, 0.5) is 10.1 Å². The Kier molecular flexibility index (Phi) is 3.99. The van der Waals surface area contributed by atoms with Gasteiger partial charge in [0.1, 0.15) is 5.60 Å². The largest absolute Gasteiger partial charge is 0.498 e. The zero-order chi connectivity index (χ0) is 16.9. The molecule has 1 heterocycles. The lowest BCUT2D eigenvalue weighted by Gasteiger charge is -2.32. The van der Waals surface area contributed by atoms with Crippen LogP contribution in [0, 0.1) is 5.82 Å². The number of ether oxygens (including phenoxy) is 1. The first-order chi connectivity index (χ1) is 9.82. The van der Waals surface area contributed by atoms with Gasteiger partial charge < -0.3 is 19.8 Å². The van der Waals surface area contributed by atoms with Crippen LogP contribution in [0.1, 0.15) is 48.5 Å². The minimum Gasteiger partial charge on any atom is -0.485 e. The van der Waals surface area contributed by atoms with E-state index in [9.17, 15) is 4.39 Å². The van der Waals surface area contributed by atoms with Crippen molar-refractivity contribution in [3.8, 4) is 5.75 Å². The summed E-state index contributed by atoms with van der Waals surface area (Å²) in [6.07, 6.45) is 0. The van der Waals surface area contributed by atoms with Crippen LogP contribution in [-0.4, -0.2) is 23.9 Å². The summed E-state index contributed by atoms with van der Waals surface area (Å²) in [6, 6.07) is 2.89. The van der Waals surface area contributed by atoms with Crippen molar-refractivity contribution in [3.05, 3.63) is 17.9 Å². The van der Waals surface area contributed by atoms with E-state index in [0.717, 1.165) is 0 Å². The lowest BCUT2D eigenvalue weighted by molar-refractivity contribution is 0.00578. The third kappa shape index (κ3) is 3.23. The summed E-state index contributed by atoms with van der Waals surface area (Å²) in [5, 5.41) is 0. The molecule has 122 valence electrons. The summed E-state index contributed by atoms with van der Waals surface area (Å²) in [5.74, 6) is -0.389. The van der Waals surface area contributed by atoms with Gasteiger partial charge in [0.2, 0.25) is 0 Å². The van der Waals surface area contributed by atoms with E-state index in [1.54, 1.807) is 6.07 Å². The van der Waals surface area contributed by atoms with Gasteiger partial charge in [-0.1, -0.05) is 0 Å². The van der Waals surface area contributed by atoms with Gasteiger partial charge in [0, 0.05) is 17.2 Å². The van der Waals surface area contributed by atoms with Crippen molar-refractivity contribution in [1.29, 1.82) is 0 Å². The monoisotopic (exact) mass is 309 g/mol. The maximum atomic E-state index is 14.4. The highest BCUT2D eigenvalue weighted by Crippen LogP contribution is 2.38. The quantitative estimate of drug-likeness (QED) is 0.674. The Balaban J connectivity index is 2.47. The highest BCUT2D eigenvalue weighted by molar-refractivity contribution is 6.63. The van der Waals surface area contributed by atoms with Gasteiger partial charge in [0.25, 0.3) is 0 Å². The van der Waals surface area contributed by atoms with Gasteiger partial charge in [0.05, 0.1) is 11.2 Å². The van der Waals surface area contributed by atoms with E-state index < -0.39 is 29.7 Å². The smallest absolute Gasteiger partial charge is 0.485 e. The van der Waals surface area contributed by atoms with E-state index in [0.29, 0.717) is 11.2 Å². The van der Waals surface area contributed by atoms with Crippen molar-refractivity contribution >= 4 is 18.3 Å². The summed E-state index contributed by atoms with van der Waals surface area (Å²) >= 11 is 0. The van der Waals surface area contributed by atoms with E-state index >= 15 is 0 Å². The Morgan fingerprint density at radius 1 is 1.09 bits per heavy atom. The zero-order valence-electron chi connectivity index (χ0n) is 14.4. The average molecular weight is 309 g/mol. The summed E-state index contributed by atoms with van der Waals surface area (Å²) < 4.78 is 32.1. The maximum absolute atomic E-state index is 14.4. The van der Waals surface area contributed by atoms with Crippen LogP contribution < -0.4 is 15.9 Å². The fourth-order valence-corrected chi connectivity index (χ4v) is 2.20. The highest BCUT2D eigenvalue weighted by atomic mass is 19.1. The van der Waals surface area contributed by atoms with E-state index in [2.05, 4.69) is 0 Å². The molecule has 1 saturated heterocycles. The van der Waals surface area contributed by atoms with Crippen molar-refractivity contribution in [2.24, 2.45) is 0 Å². The van der Waals surface area contributed by atoms with Gasteiger partial charge in [-0.3, -0.25) is 0 Å². The number of hydrogen-bond acceptors (Lipinski definition) is 4. The molecule has 0 unspecified atom stereocenters. The number of benzene rings is 1. The molecule has 2 rings (SSSR count). The van der Waals surface area contributed by atoms with Crippen LogP contribution in [0.25, 0.3) is 0 Å². The molecule has 1 fully saturated rings. The number of nitrogens with two attached hydrogens (primary N) is 1.